The fourth-order valence-electron chi connectivity index (χ4n) is 5.31. The van der Waals surface area contributed by atoms with Gasteiger partial charge in [-0.1, -0.05) is 0 Å². The Bertz CT molecular complexity index is 1240. The van der Waals surface area contributed by atoms with E-state index in [1.807, 2.05) is 12.1 Å². The van der Waals surface area contributed by atoms with Gasteiger partial charge in [0.1, 0.15) is 24.0 Å². The van der Waals surface area contributed by atoms with Crippen LogP contribution in [0.15, 0.2) is 18.3 Å². The number of fused-ring (bicyclic) bond motifs is 2. The largest absolute Gasteiger partial charge is 0.457 e. The fourth-order valence-corrected chi connectivity index (χ4v) is 5.31. The van der Waals surface area contributed by atoms with E-state index in [0.29, 0.717) is 35.7 Å². The molecule has 1 amide bonds. The van der Waals surface area contributed by atoms with Crippen LogP contribution in [0, 0.1) is 5.41 Å². The summed E-state index contributed by atoms with van der Waals surface area (Å²) < 4.78 is 44.5. The zero-order valence-electron chi connectivity index (χ0n) is 22.3. The Morgan fingerprint density at radius 2 is 1.92 bits per heavy atom. The van der Waals surface area contributed by atoms with Crippen molar-refractivity contribution in [2.75, 3.05) is 41.8 Å². The van der Waals surface area contributed by atoms with Crippen LogP contribution >= 0.6 is 0 Å². The molecule has 4 heterocycles. The van der Waals surface area contributed by atoms with Crippen molar-refractivity contribution >= 4 is 35.1 Å². The first-order valence-electron chi connectivity index (χ1n) is 13.2. The molecule has 210 valence electrons. The van der Waals surface area contributed by atoms with Crippen LogP contribution in [0.5, 0.6) is 0 Å². The van der Waals surface area contributed by atoms with E-state index in [1.165, 1.54) is 6.42 Å². The second kappa shape index (κ2) is 10.2. The number of amidine groups is 1. The number of ether oxygens (including phenoxy) is 1. The molecule has 2 aromatic rings. The van der Waals surface area contributed by atoms with Crippen molar-refractivity contribution in [3.05, 3.63) is 29.7 Å². The molecule has 2 aromatic heterocycles. The Labute approximate surface area is 225 Å². The number of amides is 1. The number of piperidine rings is 1. The van der Waals surface area contributed by atoms with Crippen LogP contribution < -0.4 is 15.1 Å². The van der Waals surface area contributed by atoms with Crippen LogP contribution in [0.4, 0.5) is 36.3 Å². The first-order chi connectivity index (χ1) is 18.5. The lowest BCUT2D eigenvalue weighted by molar-refractivity contribution is -0.142. The monoisotopic (exact) mass is 546 g/mol. The summed E-state index contributed by atoms with van der Waals surface area (Å²) in [5.74, 6) is 1.79. The molecular weight excluding hydrogens is 513 g/mol. The summed E-state index contributed by atoms with van der Waals surface area (Å²) in [5.41, 5.74) is 0.587. The molecule has 2 fully saturated rings. The van der Waals surface area contributed by atoms with Gasteiger partial charge in [0.25, 0.3) is 6.02 Å². The number of nitrogens with zero attached hydrogens (tertiary/aromatic N) is 6. The van der Waals surface area contributed by atoms with Crippen molar-refractivity contribution in [3.8, 4) is 0 Å². The maximum Gasteiger partial charge on any atom is 0.406 e. The van der Waals surface area contributed by atoms with Gasteiger partial charge in [0.2, 0.25) is 5.91 Å². The Morgan fingerprint density at radius 1 is 1.21 bits per heavy atom. The average Bonchev–Trinajstić information content (AvgIpc) is 3.67. The lowest BCUT2D eigenvalue weighted by Gasteiger charge is -2.29. The van der Waals surface area contributed by atoms with Crippen molar-refractivity contribution in [2.24, 2.45) is 0 Å². The van der Waals surface area contributed by atoms with Crippen LogP contribution in [-0.4, -0.2) is 70.7 Å². The number of rotatable bonds is 7. The predicted molar refractivity (Wildman–Crippen MR) is 140 cm³/mol. The normalized spacial score (nSPS) is 18.0. The first kappa shape index (κ1) is 26.9. The van der Waals surface area contributed by atoms with Crippen molar-refractivity contribution in [1.29, 1.82) is 5.41 Å². The zero-order chi connectivity index (χ0) is 27.9. The Balaban J connectivity index is 1.42. The molecule has 2 aliphatic heterocycles. The van der Waals surface area contributed by atoms with Gasteiger partial charge in [-0.3, -0.25) is 15.1 Å². The third-order valence-electron chi connectivity index (χ3n) is 7.47. The molecule has 1 spiro atoms. The van der Waals surface area contributed by atoms with Gasteiger partial charge in [-0.25, -0.2) is 15.0 Å². The molecule has 2 N–H and O–H groups in total. The number of alkyl halides is 3. The molecule has 0 radical (unpaired) electrons. The summed E-state index contributed by atoms with van der Waals surface area (Å²) in [7, 11) is 1.69. The van der Waals surface area contributed by atoms with Crippen molar-refractivity contribution < 1.29 is 22.7 Å². The van der Waals surface area contributed by atoms with Crippen LogP contribution in [-0.2, 0) is 21.6 Å². The van der Waals surface area contributed by atoms with E-state index in [-0.39, 0.29) is 18.3 Å². The molecule has 3 aliphatic rings. The third-order valence-corrected chi connectivity index (χ3v) is 7.47. The van der Waals surface area contributed by atoms with Crippen molar-refractivity contribution in [2.45, 2.75) is 70.2 Å². The highest BCUT2D eigenvalue weighted by Gasteiger charge is 2.62. The van der Waals surface area contributed by atoms with Crippen LogP contribution in [0.25, 0.3) is 0 Å². The molecule has 39 heavy (non-hydrogen) atoms. The first-order valence-corrected chi connectivity index (χ1v) is 13.2. The topological polar surface area (TPSA) is 111 Å². The van der Waals surface area contributed by atoms with Gasteiger partial charge < -0.3 is 19.9 Å². The lowest BCUT2D eigenvalue weighted by atomic mass is 9.99. The molecule has 1 aliphatic carbocycles. The summed E-state index contributed by atoms with van der Waals surface area (Å²) >= 11 is 0. The van der Waals surface area contributed by atoms with E-state index in [9.17, 15) is 18.0 Å². The molecule has 13 heteroatoms. The number of aromatic nitrogens is 3. The van der Waals surface area contributed by atoms with Crippen molar-refractivity contribution in [1.82, 2.24) is 19.9 Å². The summed E-state index contributed by atoms with van der Waals surface area (Å²) in [6, 6.07) is 2.56. The molecule has 1 saturated heterocycles. The van der Waals surface area contributed by atoms with Crippen LogP contribution in [0.3, 0.4) is 0 Å². The van der Waals surface area contributed by atoms with Crippen molar-refractivity contribution in [3.63, 3.8) is 0 Å². The highest BCUT2D eigenvalue weighted by molar-refractivity contribution is 6.15. The number of hydrogen-bond donors (Lipinski definition) is 2. The zero-order valence-corrected chi connectivity index (χ0v) is 22.3. The van der Waals surface area contributed by atoms with E-state index < -0.39 is 30.2 Å². The van der Waals surface area contributed by atoms with Gasteiger partial charge in [-0.2, -0.15) is 13.2 Å². The standard InChI is InChI=1S/C26H33F3N8O2/c1-16(2)36(15-26(27,28)29)24(30)39-14-18-33-21(31-3)20-22(34-18)37(23(38)25(20)9-10-25)17-7-8-19(32-13-17)35-11-5-4-6-12-35/h7-8,13,16,30H,4-6,9-12,14-15H2,1-3H3,(H,31,33,34). The third kappa shape index (κ3) is 5.18. The smallest absolute Gasteiger partial charge is 0.406 e. The number of anilines is 4. The van der Waals surface area contributed by atoms with Crippen LogP contribution in [0.1, 0.15) is 57.3 Å². The Morgan fingerprint density at radius 3 is 2.49 bits per heavy atom. The fraction of sp³-hybridized carbons (Fsp3) is 0.577. The summed E-state index contributed by atoms with van der Waals surface area (Å²) in [6.45, 7) is 3.38. The number of carbonyl (C=O) groups excluding carboxylic acids is 1. The highest BCUT2D eigenvalue weighted by Crippen LogP contribution is 2.60. The average molecular weight is 547 g/mol. The number of nitrogens with one attached hydrogen (secondary N) is 2. The van der Waals surface area contributed by atoms with Gasteiger partial charge >= 0.3 is 6.18 Å². The van der Waals surface area contributed by atoms with Crippen LogP contribution in [0.2, 0.25) is 0 Å². The molecule has 10 nitrogen and oxygen atoms in total. The van der Waals surface area contributed by atoms with E-state index in [4.69, 9.17) is 10.1 Å². The molecular formula is C26H33F3N8O2. The van der Waals surface area contributed by atoms with E-state index in [0.717, 1.165) is 36.6 Å². The Kier molecular flexibility index (Phi) is 7.02. The minimum atomic E-state index is -4.49. The molecule has 0 bridgehead atoms. The van der Waals surface area contributed by atoms with E-state index in [1.54, 1.807) is 32.0 Å². The number of hydrogen-bond acceptors (Lipinski definition) is 8. The molecule has 0 aromatic carbocycles. The maximum absolute atomic E-state index is 13.7. The maximum atomic E-state index is 13.7. The van der Waals surface area contributed by atoms with Gasteiger partial charge in [0.15, 0.2) is 12.4 Å². The number of pyridine rings is 1. The van der Waals surface area contributed by atoms with Gasteiger partial charge in [0, 0.05) is 26.2 Å². The predicted octanol–water partition coefficient (Wildman–Crippen LogP) is 4.34. The number of halogens is 3. The van der Waals surface area contributed by atoms with Gasteiger partial charge in [0.05, 0.1) is 22.9 Å². The van der Waals surface area contributed by atoms with E-state index >= 15 is 0 Å². The molecule has 1 saturated carbocycles. The second-order valence-corrected chi connectivity index (χ2v) is 10.5. The van der Waals surface area contributed by atoms with Gasteiger partial charge in [-0.05, 0) is 58.1 Å². The summed E-state index contributed by atoms with van der Waals surface area (Å²) in [5, 5.41) is 11.1. The molecule has 0 atom stereocenters. The minimum Gasteiger partial charge on any atom is -0.457 e. The highest BCUT2D eigenvalue weighted by atomic mass is 19.4. The Hall–Kier alpha value is -3.64. The summed E-state index contributed by atoms with van der Waals surface area (Å²) in [4.78, 5) is 32.1. The van der Waals surface area contributed by atoms with E-state index in [2.05, 4.69) is 25.2 Å². The number of carbonyl (C=O) groups is 1. The lowest BCUT2D eigenvalue weighted by Crippen LogP contribution is -2.43. The van der Waals surface area contributed by atoms with Gasteiger partial charge in [-0.15, -0.1) is 0 Å². The second-order valence-electron chi connectivity index (χ2n) is 10.5. The molecule has 5 rings (SSSR count). The summed E-state index contributed by atoms with van der Waals surface area (Å²) in [6.07, 6.45) is 2.01. The SMILES string of the molecule is CNc1nc(COC(=N)N(CC(F)(F)F)C(C)C)nc2c1C1(CC1)C(=O)N2c1ccc(N2CCCCC2)nc1. The quantitative estimate of drug-likeness (QED) is 0.390. The molecule has 0 unspecified atom stereocenters. The minimum absolute atomic E-state index is 0.0993.